The van der Waals surface area contributed by atoms with Crippen LogP contribution >= 0.6 is 11.8 Å². The molecule has 1 aliphatic heterocycles. The van der Waals surface area contributed by atoms with Crippen molar-refractivity contribution < 1.29 is 9.59 Å². The molecule has 130 valence electrons. The molecular weight excluding hydrogens is 334 g/mol. The lowest BCUT2D eigenvalue weighted by atomic mass is 10.2. The molecule has 0 radical (unpaired) electrons. The van der Waals surface area contributed by atoms with Crippen molar-refractivity contribution in [3.63, 3.8) is 0 Å². The second-order valence-electron chi connectivity index (χ2n) is 6.16. The molecule has 0 aromatic carbocycles. The second kappa shape index (κ2) is 6.88. The Balaban J connectivity index is 1.98. The number of rotatable bonds is 4. The van der Waals surface area contributed by atoms with Crippen molar-refractivity contribution in [3.05, 3.63) is 52.3 Å². The van der Waals surface area contributed by atoms with Crippen LogP contribution in [0.2, 0.25) is 0 Å². The van der Waals surface area contributed by atoms with Crippen LogP contribution in [0.3, 0.4) is 0 Å². The Morgan fingerprint density at radius 1 is 1.28 bits per heavy atom. The first-order valence-corrected chi connectivity index (χ1v) is 9.13. The molecule has 0 aliphatic carbocycles. The van der Waals surface area contributed by atoms with Gasteiger partial charge in [0.05, 0.1) is 4.91 Å². The van der Waals surface area contributed by atoms with Crippen LogP contribution in [0.25, 0.3) is 11.9 Å². The first-order chi connectivity index (χ1) is 11.9. The predicted molar refractivity (Wildman–Crippen MR) is 101 cm³/mol. The number of carbonyl (C=O) groups is 2. The lowest BCUT2D eigenvalue weighted by Crippen LogP contribution is -2.36. The van der Waals surface area contributed by atoms with Crippen molar-refractivity contribution in [3.8, 4) is 5.82 Å². The summed E-state index contributed by atoms with van der Waals surface area (Å²) in [6.45, 7) is 7.86. The van der Waals surface area contributed by atoms with Crippen molar-refractivity contribution in [1.29, 1.82) is 0 Å². The van der Waals surface area contributed by atoms with Crippen LogP contribution in [0.1, 0.15) is 37.2 Å². The number of aromatic nitrogens is 2. The molecule has 0 bridgehead atoms. The van der Waals surface area contributed by atoms with Crippen molar-refractivity contribution in [2.75, 3.05) is 0 Å². The average molecular weight is 355 g/mol. The summed E-state index contributed by atoms with van der Waals surface area (Å²) in [6.07, 6.45) is 4.32. The number of aryl methyl sites for hydroxylation is 1. The molecule has 0 spiro atoms. The molecule has 1 fully saturated rings. The van der Waals surface area contributed by atoms with Gasteiger partial charge in [-0.2, -0.15) is 0 Å². The number of thioether (sulfide) groups is 1. The van der Waals surface area contributed by atoms with Gasteiger partial charge in [0.1, 0.15) is 5.82 Å². The molecule has 0 saturated carbocycles. The first-order valence-electron chi connectivity index (χ1n) is 8.31. The minimum atomic E-state index is -0.202. The van der Waals surface area contributed by atoms with Crippen LogP contribution in [-0.2, 0) is 4.79 Å². The molecule has 1 saturated heterocycles. The Labute approximate surface area is 151 Å². The number of amides is 2. The molecule has 3 rings (SSSR count). The molecule has 1 aliphatic rings. The van der Waals surface area contributed by atoms with E-state index in [4.69, 9.17) is 0 Å². The number of nitrogens with zero attached hydrogens (tertiary/aromatic N) is 3. The van der Waals surface area contributed by atoms with E-state index in [9.17, 15) is 9.59 Å². The van der Waals surface area contributed by atoms with Crippen LogP contribution in [0, 0.1) is 13.8 Å². The van der Waals surface area contributed by atoms with E-state index >= 15 is 0 Å². The zero-order valence-corrected chi connectivity index (χ0v) is 15.6. The summed E-state index contributed by atoms with van der Waals surface area (Å²) >= 11 is 1.01. The lowest BCUT2D eigenvalue weighted by molar-refractivity contribution is -0.124. The van der Waals surface area contributed by atoms with E-state index in [2.05, 4.69) is 4.98 Å². The predicted octanol–water partition coefficient (Wildman–Crippen LogP) is 4.32. The van der Waals surface area contributed by atoms with Gasteiger partial charge in [-0.15, -0.1) is 0 Å². The number of hydrogen-bond acceptors (Lipinski definition) is 4. The number of pyridine rings is 1. The smallest absolute Gasteiger partial charge is 0.293 e. The summed E-state index contributed by atoms with van der Waals surface area (Å²) in [5, 5.41) is -0.191. The van der Waals surface area contributed by atoms with Crippen LogP contribution in [-0.4, -0.2) is 31.6 Å². The number of imide groups is 1. The molecule has 0 unspecified atom stereocenters. The molecular formula is C19H21N3O2S. The minimum absolute atomic E-state index is 0.0839. The van der Waals surface area contributed by atoms with Crippen molar-refractivity contribution >= 4 is 29.0 Å². The molecule has 5 nitrogen and oxygen atoms in total. The van der Waals surface area contributed by atoms with Gasteiger partial charge in [0, 0.05) is 23.6 Å². The average Bonchev–Trinajstić information content (AvgIpc) is 3.03. The largest absolute Gasteiger partial charge is 0.303 e. The lowest BCUT2D eigenvalue weighted by Gasteiger charge is -2.19. The highest BCUT2D eigenvalue weighted by Crippen LogP contribution is 2.35. The fourth-order valence-electron chi connectivity index (χ4n) is 2.96. The van der Waals surface area contributed by atoms with Crippen molar-refractivity contribution in [1.82, 2.24) is 14.5 Å². The normalized spacial score (nSPS) is 17.6. The van der Waals surface area contributed by atoms with Gasteiger partial charge in [-0.05, 0) is 68.8 Å². The topological polar surface area (TPSA) is 55.2 Å². The van der Waals surface area contributed by atoms with Crippen molar-refractivity contribution in [2.24, 2.45) is 0 Å². The highest BCUT2D eigenvalue weighted by molar-refractivity contribution is 8.18. The zero-order chi connectivity index (χ0) is 18.1. The first kappa shape index (κ1) is 17.5. The summed E-state index contributed by atoms with van der Waals surface area (Å²) in [5.41, 5.74) is 2.95. The van der Waals surface area contributed by atoms with Crippen molar-refractivity contribution in [2.45, 2.75) is 40.2 Å². The van der Waals surface area contributed by atoms with E-state index in [1.54, 1.807) is 6.20 Å². The van der Waals surface area contributed by atoms with Gasteiger partial charge in [-0.25, -0.2) is 4.98 Å². The highest BCUT2D eigenvalue weighted by Gasteiger charge is 2.37. The van der Waals surface area contributed by atoms with E-state index in [1.165, 1.54) is 4.90 Å². The maximum Gasteiger partial charge on any atom is 0.293 e. The molecule has 2 amide bonds. The summed E-state index contributed by atoms with van der Waals surface area (Å²) in [6, 6.07) is 7.70. The maximum atomic E-state index is 12.6. The molecule has 6 heteroatoms. The van der Waals surface area contributed by atoms with Gasteiger partial charge in [0.2, 0.25) is 0 Å². The molecule has 3 heterocycles. The Morgan fingerprint density at radius 3 is 2.68 bits per heavy atom. The Bertz CT molecular complexity index is 855. The van der Waals surface area contributed by atoms with Gasteiger partial charge < -0.3 is 4.57 Å². The quantitative estimate of drug-likeness (QED) is 0.766. The van der Waals surface area contributed by atoms with Gasteiger partial charge >= 0.3 is 0 Å². The van der Waals surface area contributed by atoms with E-state index < -0.39 is 0 Å². The monoisotopic (exact) mass is 355 g/mol. The maximum absolute atomic E-state index is 12.6. The standard InChI is InChI=1S/C19H21N3O2S/c1-5-12(2)22-18(23)16(25-19(22)24)11-15-10-13(3)21(14(15)4)17-8-6-7-9-20-17/h6-12H,5H2,1-4H3/t12-/m1/s1. The Hall–Kier alpha value is -2.34. The van der Waals surface area contributed by atoms with E-state index in [0.29, 0.717) is 4.91 Å². The third kappa shape index (κ3) is 3.14. The van der Waals surface area contributed by atoms with Crippen LogP contribution in [0.4, 0.5) is 4.79 Å². The van der Waals surface area contributed by atoms with E-state index in [-0.39, 0.29) is 17.2 Å². The van der Waals surface area contributed by atoms with Gasteiger partial charge in [-0.3, -0.25) is 14.5 Å². The molecule has 0 N–H and O–H groups in total. The summed E-state index contributed by atoms with van der Waals surface area (Å²) in [7, 11) is 0. The molecule has 2 aromatic heterocycles. The van der Waals surface area contributed by atoms with Gasteiger partial charge in [0.25, 0.3) is 11.1 Å². The number of hydrogen-bond donors (Lipinski definition) is 0. The fourth-order valence-corrected chi connectivity index (χ4v) is 3.88. The minimum Gasteiger partial charge on any atom is -0.303 e. The zero-order valence-electron chi connectivity index (χ0n) is 14.8. The summed E-state index contributed by atoms with van der Waals surface area (Å²) < 4.78 is 2.05. The molecule has 25 heavy (non-hydrogen) atoms. The van der Waals surface area contributed by atoms with Crippen LogP contribution < -0.4 is 0 Å². The fraction of sp³-hybridized carbons (Fsp3) is 0.316. The van der Waals surface area contributed by atoms with Gasteiger partial charge in [0.15, 0.2) is 0 Å². The van der Waals surface area contributed by atoms with Gasteiger partial charge in [-0.1, -0.05) is 13.0 Å². The third-order valence-corrected chi connectivity index (χ3v) is 5.37. The number of carbonyl (C=O) groups excluding carboxylic acids is 2. The second-order valence-corrected chi connectivity index (χ2v) is 7.15. The SMILES string of the molecule is CC[C@@H](C)N1C(=O)SC(=Cc2cc(C)n(-c3ccccn3)c2C)C1=O. The molecule has 1 atom stereocenters. The Kier molecular flexibility index (Phi) is 4.81. The summed E-state index contributed by atoms with van der Waals surface area (Å²) in [4.78, 5) is 31.0. The Morgan fingerprint density at radius 2 is 2.04 bits per heavy atom. The summed E-state index contributed by atoms with van der Waals surface area (Å²) in [5.74, 6) is 0.636. The van der Waals surface area contributed by atoms with Crippen LogP contribution in [0.5, 0.6) is 0 Å². The van der Waals surface area contributed by atoms with E-state index in [0.717, 1.165) is 41.0 Å². The molecule has 2 aromatic rings. The highest BCUT2D eigenvalue weighted by atomic mass is 32.2. The van der Waals surface area contributed by atoms with Crippen LogP contribution in [0.15, 0.2) is 35.4 Å². The third-order valence-electron chi connectivity index (χ3n) is 4.49. The van der Waals surface area contributed by atoms with E-state index in [1.807, 2.05) is 62.6 Å².